The van der Waals surface area contributed by atoms with Crippen molar-refractivity contribution in [3.8, 4) is 11.5 Å². The first kappa shape index (κ1) is 14.5. The van der Waals surface area contributed by atoms with Gasteiger partial charge in [0.15, 0.2) is 0 Å². The largest absolute Gasteiger partial charge is 0.455 e. The monoisotopic (exact) mass is 270 g/mol. The van der Waals surface area contributed by atoms with Gasteiger partial charge in [0, 0.05) is 11.8 Å². The molecule has 2 aromatic rings. The Labute approximate surface area is 120 Å². The Morgan fingerprint density at radius 1 is 1.15 bits per heavy atom. The van der Waals surface area contributed by atoms with E-state index in [0.29, 0.717) is 6.54 Å². The summed E-state index contributed by atoms with van der Waals surface area (Å²) >= 11 is 0. The fourth-order valence-electron chi connectivity index (χ4n) is 2.13. The zero-order valence-electron chi connectivity index (χ0n) is 12.4. The van der Waals surface area contributed by atoms with E-state index in [-0.39, 0.29) is 5.41 Å². The first-order chi connectivity index (χ1) is 9.50. The fourth-order valence-corrected chi connectivity index (χ4v) is 2.13. The van der Waals surface area contributed by atoms with Crippen molar-refractivity contribution < 1.29 is 4.74 Å². The van der Waals surface area contributed by atoms with Crippen LogP contribution in [0.4, 0.5) is 0 Å². The Morgan fingerprint density at radius 3 is 2.60 bits per heavy atom. The van der Waals surface area contributed by atoms with Gasteiger partial charge in [0.05, 0.1) is 6.20 Å². The molecule has 0 saturated carbocycles. The highest BCUT2D eigenvalue weighted by Gasteiger charge is 2.18. The molecular formula is C17H22N2O. The molecule has 0 bridgehead atoms. The van der Waals surface area contributed by atoms with Crippen LogP contribution in [0, 0.1) is 0 Å². The molecule has 0 aliphatic heterocycles. The molecule has 0 spiro atoms. The molecule has 0 radical (unpaired) electrons. The van der Waals surface area contributed by atoms with E-state index < -0.39 is 0 Å². The lowest BCUT2D eigenvalue weighted by Gasteiger charge is -2.22. The highest BCUT2D eigenvalue weighted by molar-refractivity contribution is 5.41. The van der Waals surface area contributed by atoms with Gasteiger partial charge < -0.3 is 10.5 Å². The van der Waals surface area contributed by atoms with E-state index in [1.54, 1.807) is 6.20 Å². The van der Waals surface area contributed by atoms with Gasteiger partial charge in [0.2, 0.25) is 0 Å². The third-order valence-electron chi connectivity index (χ3n) is 3.13. The number of nitrogens with two attached hydrogens (primary N) is 1. The lowest BCUT2D eigenvalue weighted by atomic mass is 9.86. The number of benzene rings is 1. The second-order valence-electron chi connectivity index (χ2n) is 5.92. The van der Waals surface area contributed by atoms with Crippen LogP contribution in [-0.2, 0) is 11.8 Å². The molecule has 1 aromatic carbocycles. The summed E-state index contributed by atoms with van der Waals surface area (Å²) in [4.78, 5) is 4.21. The van der Waals surface area contributed by atoms with Crippen LogP contribution in [0.3, 0.4) is 0 Å². The predicted molar refractivity (Wildman–Crippen MR) is 82.2 cm³/mol. The summed E-state index contributed by atoms with van der Waals surface area (Å²) in [5.74, 6) is 1.64. The fraction of sp³-hybridized carbons (Fsp3) is 0.353. The van der Waals surface area contributed by atoms with E-state index in [4.69, 9.17) is 10.5 Å². The topological polar surface area (TPSA) is 48.1 Å². The molecule has 106 valence electrons. The van der Waals surface area contributed by atoms with Crippen LogP contribution >= 0.6 is 0 Å². The maximum Gasteiger partial charge on any atom is 0.145 e. The number of pyridine rings is 1. The minimum absolute atomic E-state index is 0.0406. The highest BCUT2D eigenvalue weighted by atomic mass is 16.5. The van der Waals surface area contributed by atoms with Gasteiger partial charge in [0.1, 0.15) is 11.5 Å². The van der Waals surface area contributed by atoms with E-state index in [2.05, 4.69) is 31.8 Å². The number of hydrogen-bond donors (Lipinski definition) is 1. The standard InChI is InChI=1S/C17H22N2O/c1-17(2,3)15-6-4-5-7-16(15)20-14-10-13(8-9-18)11-19-12-14/h4-7,10-12H,8-9,18H2,1-3H3. The summed E-state index contributed by atoms with van der Waals surface area (Å²) in [6.45, 7) is 7.15. The number of hydrogen-bond acceptors (Lipinski definition) is 3. The minimum atomic E-state index is 0.0406. The molecule has 0 amide bonds. The normalized spacial score (nSPS) is 11.4. The Balaban J connectivity index is 2.28. The molecule has 1 aromatic heterocycles. The van der Waals surface area contributed by atoms with Crippen LogP contribution < -0.4 is 10.5 Å². The van der Waals surface area contributed by atoms with Gasteiger partial charge in [-0.25, -0.2) is 0 Å². The quantitative estimate of drug-likeness (QED) is 0.922. The van der Waals surface area contributed by atoms with Crippen LogP contribution in [0.1, 0.15) is 31.9 Å². The Kier molecular flexibility index (Phi) is 4.40. The van der Waals surface area contributed by atoms with Crippen molar-refractivity contribution in [1.82, 2.24) is 4.98 Å². The van der Waals surface area contributed by atoms with Crippen molar-refractivity contribution in [2.24, 2.45) is 5.73 Å². The number of rotatable bonds is 4. The van der Waals surface area contributed by atoms with Crippen molar-refractivity contribution in [3.05, 3.63) is 53.9 Å². The third-order valence-corrected chi connectivity index (χ3v) is 3.13. The van der Waals surface area contributed by atoms with E-state index in [9.17, 15) is 0 Å². The Morgan fingerprint density at radius 2 is 1.90 bits per heavy atom. The van der Waals surface area contributed by atoms with Crippen molar-refractivity contribution in [2.75, 3.05) is 6.54 Å². The molecule has 20 heavy (non-hydrogen) atoms. The third kappa shape index (κ3) is 3.58. The van der Waals surface area contributed by atoms with E-state index >= 15 is 0 Å². The Bertz CT molecular complexity index is 573. The van der Waals surface area contributed by atoms with Gasteiger partial charge in [-0.1, -0.05) is 39.0 Å². The molecule has 2 rings (SSSR count). The molecule has 3 nitrogen and oxygen atoms in total. The number of ether oxygens (including phenoxy) is 1. The van der Waals surface area contributed by atoms with Crippen LogP contribution in [0.2, 0.25) is 0 Å². The van der Waals surface area contributed by atoms with Crippen LogP contribution in [0.5, 0.6) is 11.5 Å². The van der Waals surface area contributed by atoms with Crippen LogP contribution in [0.15, 0.2) is 42.7 Å². The molecule has 3 heteroatoms. The summed E-state index contributed by atoms with van der Waals surface area (Å²) in [6.07, 6.45) is 4.37. The average molecular weight is 270 g/mol. The molecule has 0 unspecified atom stereocenters. The van der Waals surface area contributed by atoms with Crippen LogP contribution in [-0.4, -0.2) is 11.5 Å². The van der Waals surface area contributed by atoms with Crippen molar-refractivity contribution in [3.63, 3.8) is 0 Å². The van der Waals surface area contributed by atoms with Gasteiger partial charge in [-0.2, -0.15) is 0 Å². The van der Waals surface area contributed by atoms with Gasteiger partial charge in [-0.3, -0.25) is 4.98 Å². The van der Waals surface area contributed by atoms with E-state index in [1.165, 1.54) is 5.56 Å². The SMILES string of the molecule is CC(C)(C)c1ccccc1Oc1cncc(CCN)c1. The highest BCUT2D eigenvalue weighted by Crippen LogP contribution is 2.33. The van der Waals surface area contributed by atoms with Crippen molar-refractivity contribution >= 4 is 0 Å². The smallest absolute Gasteiger partial charge is 0.145 e. The maximum absolute atomic E-state index is 6.02. The summed E-state index contributed by atoms with van der Waals surface area (Å²) in [6, 6.07) is 10.1. The number of nitrogens with zero attached hydrogens (tertiary/aromatic N) is 1. The van der Waals surface area contributed by atoms with Gasteiger partial charge >= 0.3 is 0 Å². The molecule has 0 saturated heterocycles. The van der Waals surface area contributed by atoms with Crippen molar-refractivity contribution in [1.29, 1.82) is 0 Å². The average Bonchev–Trinajstić information content (AvgIpc) is 2.39. The minimum Gasteiger partial charge on any atom is -0.455 e. The summed E-state index contributed by atoms with van der Waals surface area (Å²) < 4.78 is 6.02. The second-order valence-corrected chi connectivity index (χ2v) is 5.92. The van der Waals surface area contributed by atoms with Crippen LogP contribution in [0.25, 0.3) is 0 Å². The van der Waals surface area contributed by atoms with E-state index in [0.717, 1.165) is 23.5 Å². The molecule has 2 N–H and O–H groups in total. The lowest BCUT2D eigenvalue weighted by Crippen LogP contribution is -2.12. The summed E-state index contributed by atoms with van der Waals surface area (Å²) in [5.41, 5.74) is 7.90. The molecule has 1 heterocycles. The van der Waals surface area contributed by atoms with Gasteiger partial charge in [0.25, 0.3) is 0 Å². The predicted octanol–water partition coefficient (Wildman–Crippen LogP) is 3.67. The van der Waals surface area contributed by atoms with Gasteiger partial charge in [-0.15, -0.1) is 0 Å². The molecule has 0 aliphatic carbocycles. The Hall–Kier alpha value is -1.87. The maximum atomic E-state index is 6.02. The summed E-state index contributed by atoms with van der Waals surface area (Å²) in [5, 5.41) is 0. The number of para-hydroxylation sites is 1. The van der Waals surface area contributed by atoms with Crippen molar-refractivity contribution in [2.45, 2.75) is 32.6 Å². The summed E-state index contributed by atoms with van der Waals surface area (Å²) in [7, 11) is 0. The zero-order valence-corrected chi connectivity index (χ0v) is 12.4. The molecule has 0 atom stereocenters. The molecule has 0 aliphatic rings. The van der Waals surface area contributed by atoms with E-state index in [1.807, 2.05) is 30.5 Å². The first-order valence-electron chi connectivity index (χ1n) is 6.92. The first-order valence-corrected chi connectivity index (χ1v) is 6.92. The zero-order chi connectivity index (χ0) is 14.6. The second kappa shape index (κ2) is 6.06. The number of aromatic nitrogens is 1. The van der Waals surface area contributed by atoms with Gasteiger partial charge in [-0.05, 0) is 36.1 Å². The molecule has 0 fully saturated rings. The lowest BCUT2D eigenvalue weighted by molar-refractivity contribution is 0.453. The molecular weight excluding hydrogens is 248 g/mol.